The summed E-state index contributed by atoms with van der Waals surface area (Å²) in [4.78, 5) is 26.3. The summed E-state index contributed by atoms with van der Waals surface area (Å²) in [6.45, 7) is 3.28. The van der Waals surface area contributed by atoms with Crippen LogP contribution in [-0.4, -0.2) is 33.1 Å². The SMILES string of the molecule is CCCNC1CCCC1CCSc1nc(=O)c(=O)[nH]n1C. The van der Waals surface area contributed by atoms with E-state index in [0.717, 1.165) is 18.7 Å². The second-order valence-electron chi connectivity index (χ2n) is 5.59. The highest BCUT2D eigenvalue weighted by Crippen LogP contribution is 2.30. The van der Waals surface area contributed by atoms with Crippen LogP contribution in [0.4, 0.5) is 0 Å². The van der Waals surface area contributed by atoms with E-state index in [4.69, 9.17) is 0 Å². The molecule has 0 aromatic carbocycles. The number of rotatable bonds is 7. The summed E-state index contributed by atoms with van der Waals surface area (Å²) in [6, 6.07) is 0.637. The molecule has 1 aliphatic rings. The fourth-order valence-corrected chi connectivity index (χ4v) is 3.86. The van der Waals surface area contributed by atoms with Crippen molar-refractivity contribution in [2.24, 2.45) is 13.0 Å². The number of hydrogen-bond acceptors (Lipinski definition) is 5. The number of hydrogen-bond donors (Lipinski definition) is 2. The van der Waals surface area contributed by atoms with Gasteiger partial charge in [0.15, 0.2) is 5.16 Å². The van der Waals surface area contributed by atoms with Gasteiger partial charge in [-0.25, -0.2) is 0 Å². The highest BCUT2D eigenvalue weighted by atomic mass is 32.2. The normalized spacial score (nSPS) is 21.8. The Bertz CT molecular complexity index is 569. The summed E-state index contributed by atoms with van der Waals surface area (Å²) in [7, 11) is 1.71. The molecule has 1 aromatic heterocycles. The van der Waals surface area contributed by atoms with Crippen molar-refractivity contribution in [1.82, 2.24) is 20.1 Å². The smallest absolute Gasteiger partial charge is 0.314 e. The number of aromatic amines is 1. The van der Waals surface area contributed by atoms with Gasteiger partial charge >= 0.3 is 11.1 Å². The maximum Gasteiger partial charge on any atom is 0.339 e. The highest BCUT2D eigenvalue weighted by Gasteiger charge is 2.26. The quantitative estimate of drug-likeness (QED) is 0.582. The van der Waals surface area contributed by atoms with Crippen molar-refractivity contribution < 1.29 is 0 Å². The van der Waals surface area contributed by atoms with Gasteiger partial charge in [-0.3, -0.25) is 19.4 Å². The van der Waals surface area contributed by atoms with Gasteiger partial charge < -0.3 is 5.32 Å². The van der Waals surface area contributed by atoms with E-state index in [-0.39, 0.29) is 0 Å². The van der Waals surface area contributed by atoms with E-state index in [1.54, 1.807) is 7.05 Å². The molecule has 0 radical (unpaired) electrons. The van der Waals surface area contributed by atoms with Crippen LogP contribution in [0.1, 0.15) is 39.0 Å². The predicted octanol–water partition coefficient (Wildman–Crippen LogP) is 1.12. The highest BCUT2D eigenvalue weighted by molar-refractivity contribution is 7.99. The van der Waals surface area contributed by atoms with Crippen LogP contribution >= 0.6 is 11.8 Å². The maximum absolute atomic E-state index is 11.3. The van der Waals surface area contributed by atoms with Crippen molar-refractivity contribution in [1.29, 1.82) is 0 Å². The minimum absolute atomic E-state index is 0.579. The van der Waals surface area contributed by atoms with Gasteiger partial charge in [-0.05, 0) is 38.1 Å². The Morgan fingerprint density at radius 2 is 2.24 bits per heavy atom. The monoisotopic (exact) mass is 312 g/mol. The van der Waals surface area contributed by atoms with Crippen molar-refractivity contribution in [2.45, 2.75) is 50.2 Å². The second kappa shape index (κ2) is 7.79. The molecular weight excluding hydrogens is 288 g/mol. The van der Waals surface area contributed by atoms with E-state index < -0.39 is 11.1 Å². The van der Waals surface area contributed by atoms with Crippen molar-refractivity contribution in [2.75, 3.05) is 12.3 Å². The summed E-state index contributed by atoms with van der Waals surface area (Å²) < 4.78 is 1.52. The molecule has 1 fully saturated rings. The van der Waals surface area contributed by atoms with E-state index in [9.17, 15) is 9.59 Å². The van der Waals surface area contributed by atoms with Crippen LogP contribution in [0, 0.1) is 5.92 Å². The van der Waals surface area contributed by atoms with Gasteiger partial charge in [0.25, 0.3) is 0 Å². The number of nitrogens with one attached hydrogen (secondary N) is 2. The summed E-state index contributed by atoms with van der Waals surface area (Å²) >= 11 is 1.54. The van der Waals surface area contributed by atoms with Gasteiger partial charge in [0, 0.05) is 18.8 Å². The van der Waals surface area contributed by atoms with Crippen LogP contribution in [-0.2, 0) is 7.05 Å². The molecule has 6 nitrogen and oxygen atoms in total. The Hall–Kier alpha value is -1.08. The van der Waals surface area contributed by atoms with Gasteiger partial charge in [0.1, 0.15) is 0 Å². The number of aromatic nitrogens is 3. The predicted molar refractivity (Wildman–Crippen MR) is 84.9 cm³/mol. The first-order valence-corrected chi connectivity index (χ1v) is 8.64. The van der Waals surface area contributed by atoms with Crippen LogP contribution < -0.4 is 16.4 Å². The van der Waals surface area contributed by atoms with Crippen molar-refractivity contribution in [3.8, 4) is 0 Å². The number of aryl methyl sites for hydroxylation is 1. The third-order valence-electron chi connectivity index (χ3n) is 3.98. The van der Waals surface area contributed by atoms with Gasteiger partial charge in [0.2, 0.25) is 0 Å². The minimum atomic E-state index is -0.709. The van der Waals surface area contributed by atoms with Crippen LogP contribution in [0.2, 0.25) is 0 Å². The first kappa shape index (κ1) is 16.3. The van der Waals surface area contributed by atoms with Gasteiger partial charge in [-0.1, -0.05) is 25.1 Å². The fourth-order valence-electron chi connectivity index (χ4n) is 2.87. The van der Waals surface area contributed by atoms with E-state index in [1.807, 2.05) is 0 Å². The van der Waals surface area contributed by atoms with Crippen molar-refractivity contribution >= 4 is 11.8 Å². The lowest BCUT2D eigenvalue weighted by atomic mass is 10.0. The van der Waals surface area contributed by atoms with Gasteiger partial charge in [0.05, 0.1) is 0 Å². The third-order valence-corrected chi connectivity index (χ3v) is 5.05. The lowest BCUT2D eigenvalue weighted by molar-refractivity contribution is 0.393. The number of nitrogens with zero attached hydrogens (tertiary/aromatic N) is 2. The second-order valence-corrected chi connectivity index (χ2v) is 6.65. The zero-order chi connectivity index (χ0) is 15.2. The summed E-state index contributed by atoms with van der Waals surface area (Å²) in [5, 5.41) is 6.68. The molecule has 0 amide bonds. The van der Waals surface area contributed by atoms with Crippen LogP contribution in [0.25, 0.3) is 0 Å². The molecule has 2 N–H and O–H groups in total. The zero-order valence-corrected chi connectivity index (χ0v) is 13.5. The minimum Gasteiger partial charge on any atom is -0.314 e. The molecule has 21 heavy (non-hydrogen) atoms. The largest absolute Gasteiger partial charge is 0.339 e. The Kier molecular flexibility index (Phi) is 6.05. The van der Waals surface area contributed by atoms with E-state index in [1.165, 1.54) is 42.1 Å². The zero-order valence-electron chi connectivity index (χ0n) is 12.7. The van der Waals surface area contributed by atoms with Gasteiger partial charge in [-0.15, -0.1) is 0 Å². The number of thioether (sulfide) groups is 1. The average molecular weight is 312 g/mol. The molecule has 118 valence electrons. The maximum atomic E-state index is 11.3. The van der Waals surface area contributed by atoms with Crippen molar-refractivity contribution in [3.63, 3.8) is 0 Å². The van der Waals surface area contributed by atoms with Crippen LogP contribution in [0.3, 0.4) is 0 Å². The molecular formula is C14H24N4O2S. The first-order valence-electron chi connectivity index (χ1n) is 7.65. The standard InChI is InChI=1S/C14H24N4O2S/c1-3-8-15-11-6-4-5-10(11)7-9-21-14-16-12(19)13(20)17-18(14)2/h10-11,15H,3-9H2,1-2H3,(H,17,20). The number of H-pyrrole nitrogens is 1. The molecule has 7 heteroatoms. The topological polar surface area (TPSA) is 79.8 Å². The van der Waals surface area contributed by atoms with Crippen molar-refractivity contribution in [3.05, 3.63) is 20.7 Å². The first-order chi connectivity index (χ1) is 10.1. The summed E-state index contributed by atoms with van der Waals surface area (Å²) in [5.74, 6) is 1.63. The lowest BCUT2D eigenvalue weighted by Gasteiger charge is -2.20. The molecule has 1 heterocycles. The molecule has 1 saturated carbocycles. The molecule has 0 saturated heterocycles. The summed E-state index contributed by atoms with van der Waals surface area (Å²) in [5.41, 5.74) is -1.37. The molecule has 2 atom stereocenters. The Morgan fingerprint density at radius 3 is 3.00 bits per heavy atom. The lowest BCUT2D eigenvalue weighted by Crippen LogP contribution is -2.34. The molecule has 2 rings (SSSR count). The molecule has 0 aliphatic heterocycles. The Balaban J connectivity index is 1.85. The average Bonchev–Trinajstić information content (AvgIpc) is 2.89. The Labute approximate surface area is 128 Å². The third kappa shape index (κ3) is 4.44. The van der Waals surface area contributed by atoms with Crippen LogP contribution in [0.15, 0.2) is 14.7 Å². The van der Waals surface area contributed by atoms with Crippen LogP contribution in [0.5, 0.6) is 0 Å². The molecule has 1 aromatic rings. The molecule has 0 spiro atoms. The van der Waals surface area contributed by atoms with E-state index in [0.29, 0.717) is 17.1 Å². The van der Waals surface area contributed by atoms with E-state index >= 15 is 0 Å². The Morgan fingerprint density at radius 1 is 1.43 bits per heavy atom. The van der Waals surface area contributed by atoms with Gasteiger partial charge in [-0.2, -0.15) is 4.98 Å². The molecule has 2 unspecified atom stereocenters. The fraction of sp³-hybridized carbons (Fsp3) is 0.786. The molecule has 0 bridgehead atoms. The molecule has 1 aliphatic carbocycles. The van der Waals surface area contributed by atoms with E-state index in [2.05, 4.69) is 22.3 Å². The summed E-state index contributed by atoms with van der Waals surface area (Å²) in [6.07, 6.45) is 6.12.